The SMILES string of the molecule is C.C.CC(F)(F)C(C)(F)C(=O)[O-].[H+]. The van der Waals surface area contributed by atoms with E-state index in [0.29, 0.717) is 0 Å². The Labute approximate surface area is 71.9 Å². The van der Waals surface area contributed by atoms with Crippen LogP contribution in [0.1, 0.15) is 30.1 Å². The van der Waals surface area contributed by atoms with Gasteiger partial charge in [0.05, 0.1) is 5.97 Å². The van der Waals surface area contributed by atoms with Crippen LogP contribution in [0.25, 0.3) is 0 Å². The molecule has 0 rings (SSSR count). The lowest BCUT2D eigenvalue weighted by Gasteiger charge is -2.27. The Morgan fingerprint density at radius 1 is 1.25 bits per heavy atom. The van der Waals surface area contributed by atoms with E-state index in [1.165, 1.54) is 0 Å². The van der Waals surface area contributed by atoms with Crippen LogP contribution < -0.4 is 5.11 Å². The summed E-state index contributed by atoms with van der Waals surface area (Å²) in [4.78, 5) is 9.70. The zero-order valence-electron chi connectivity index (χ0n) is 6.45. The van der Waals surface area contributed by atoms with Gasteiger partial charge in [0.25, 0.3) is 5.92 Å². The number of alkyl halides is 3. The molecule has 1 atom stereocenters. The Balaban J connectivity index is -0.000000135. The van der Waals surface area contributed by atoms with E-state index in [0.717, 1.165) is 0 Å². The molecule has 0 N–H and O–H groups in total. The predicted octanol–water partition coefficient (Wildman–Crippen LogP) is 1.50. The molecular formula is C7H15F3O2. The van der Waals surface area contributed by atoms with Crippen molar-refractivity contribution in [3.05, 3.63) is 0 Å². The van der Waals surface area contributed by atoms with Gasteiger partial charge in [-0.1, -0.05) is 14.9 Å². The van der Waals surface area contributed by atoms with Crippen molar-refractivity contribution in [2.45, 2.75) is 40.3 Å². The highest BCUT2D eigenvalue weighted by atomic mass is 19.3. The summed E-state index contributed by atoms with van der Waals surface area (Å²) in [6.45, 7) is 0.450. The molecular weight excluding hydrogens is 173 g/mol. The molecule has 0 aromatic heterocycles. The highest BCUT2D eigenvalue weighted by Gasteiger charge is 2.48. The van der Waals surface area contributed by atoms with Crippen molar-refractivity contribution in [3.63, 3.8) is 0 Å². The number of carboxylic acid groups (broad SMARTS) is 1. The molecule has 12 heavy (non-hydrogen) atoms. The molecule has 0 heterocycles. The Bertz CT molecular complexity index is 154. The summed E-state index contributed by atoms with van der Waals surface area (Å²) in [5, 5.41) is 9.70. The van der Waals surface area contributed by atoms with E-state index in [2.05, 4.69) is 0 Å². The van der Waals surface area contributed by atoms with E-state index < -0.39 is 17.6 Å². The average Bonchev–Trinajstić information content (AvgIpc) is 1.62. The molecule has 0 aliphatic heterocycles. The Kier molecular flexibility index (Phi) is 6.26. The van der Waals surface area contributed by atoms with Gasteiger partial charge >= 0.3 is 1.43 Å². The minimum absolute atomic E-state index is 0. The third-order valence-electron chi connectivity index (χ3n) is 1.21. The van der Waals surface area contributed by atoms with E-state index in [1.807, 2.05) is 0 Å². The Morgan fingerprint density at radius 3 is 1.50 bits per heavy atom. The molecule has 0 saturated carbocycles. The molecule has 5 heteroatoms. The molecule has 0 amide bonds. The molecule has 0 aromatic carbocycles. The van der Waals surface area contributed by atoms with Crippen molar-refractivity contribution >= 4 is 5.97 Å². The maximum absolute atomic E-state index is 12.3. The normalized spacial score (nSPS) is 15.1. The first kappa shape index (κ1) is 17.4. The van der Waals surface area contributed by atoms with Gasteiger partial charge < -0.3 is 9.90 Å². The number of hydrogen-bond acceptors (Lipinski definition) is 2. The van der Waals surface area contributed by atoms with Gasteiger partial charge in [-0.2, -0.15) is 0 Å². The lowest BCUT2D eigenvalue weighted by atomic mass is 10.0. The number of hydrogen-bond donors (Lipinski definition) is 0. The second kappa shape index (κ2) is 4.33. The number of carbonyl (C=O) groups is 1. The van der Waals surface area contributed by atoms with Crippen LogP contribution >= 0.6 is 0 Å². The number of aliphatic carboxylic acids is 1. The predicted molar refractivity (Wildman–Crippen MR) is 39.7 cm³/mol. The van der Waals surface area contributed by atoms with Gasteiger partial charge in [0, 0.05) is 6.92 Å². The van der Waals surface area contributed by atoms with E-state index in [1.54, 1.807) is 0 Å². The highest BCUT2D eigenvalue weighted by molar-refractivity contribution is 5.75. The van der Waals surface area contributed by atoms with Crippen LogP contribution in [-0.2, 0) is 4.79 Å². The zero-order valence-corrected chi connectivity index (χ0v) is 5.45. The molecule has 0 spiro atoms. The highest BCUT2D eigenvalue weighted by Crippen LogP contribution is 2.30. The van der Waals surface area contributed by atoms with Gasteiger partial charge in [-0.05, 0) is 6.92 Å². The Hall–Kier alpha value is -0.740. The van der Waals surface area contributed by atoms with Gasteiger partial charge in [-0.25, -0.2) is 13.2 Å². The maximum Gasteiger partial charge on any atom is 1.00 e. The smallest absolute Gasteiger partial charge is 0.546 e. The van der Waals surface area contributed by atoms with Crippen LogP contribution in [0.5, 0.6) is 0 Å². The van der Waals surface area contributed by atoms with Gasteiger partial charge in [0.15, 0.2) is 0 Å². The molecule has 0 aromatic rings. The third kappa shape index (κ3) is 3.11. The fourth-order valence-corrected chi connectivity index (χ4v) is 0.179. The molecule has 0 radical (unpaired) electrons. The summed E-state index contributed by atoms with van der Waals surface area (Å²) >= 11 is 0. The van der Waals surface area contributed by atoms with Crippen molar-refractivity contribution in [1.82, 2.24) is 0 Å². The lowest BCUT2D eigenvalue weighted by Crippen LogP contribution is -2.53. The second-order valence-corrected chi connectivity index (χ2v) is 2.18. The maximum atomic E-state index is 12.3. The topological polar surface area (TPSA) is 40.1 Å². The first-order chi connectivity index (χ1) is 4.19. The fraction of sp³-hybridized carbons (Fsp3) is 0.857. The minimum atomic E-state index is -3.91. The summed E-state index contributed by atoms with van der Waals surface area (Å²) in [5.74, 6) is -6.31. The van der Waals surface area contributed by atoms with Crippen molar-refractivity contribution in [2.24, 2.45) is 0 Å². The Morgan fingerprint density at radius 2 is 1.50 bits per heavy atom. The molecule has 0 aliphatic carbocycles. The van der Waals surface area contributed by atoms with Crippen LogP contribution in [0.15, 0.2) is 0 Å². The van der Waals surface area contributed by atoms with Crippen molar-refractivity contribution in [1.29, 1.82) is 0 Å². The molecule has 0 saturated heterocycles. The van der Waals surface area contributed by atoms with Crippen molar-refractivity contribution in [2.75, 3.05) is 0 Å². The quantitative estimate of drug-likeness (QED) is 0.658. The van der Waals surface area contributed by atoms with Gasteiger partial charge in [0.2, 0.25) is 5.67 Å². The molecule has 0 bridgehead atoms. The molecule has 2 nitrogen and oxygen atoms in total. The van der Waals surface area contributed by atoms with Crippen LogP contribution in [0, 0.1) is 0 Å². The zero-order chi connectivity index (χ0) is 8.58. The summed E-state index contributed by atoms with van der Waals surface area (Å²) in [5.41, 5.74) is -3.59. The first-order valence-corrected chi connectivity index (χ1v) is 2.48. The first-order valence-electron chi connectivity index (χ1n) is 2.48. The van der Waals surface area contributed by atoms with Crippen LogP contribution in [-0.4, -0.2) is 17.6 Å². The van der Waals surface area contributed by atoms with E-state index >= 15 is 0 Å². The van der Waals surface area contributed by atoms with Crippen molar-refractivity contribution < 1.29 is 24.5 Å². The summed E-state index contributed by atoms with van der Waals surface area (Å²) in [6.07, 6.45) is 0. The fourth-order valence-electron chi connectivity index (χ4n) is 0.179. The van der Waals surface area contributed by atoms with Gasteiger partial charge in [-0.3, -0.25) is 0 Å². The average molecular weight is 188 g/mol. The molecule has 0 fully saturated rings. The monoisotopic (exact) mass is 188 g/mol. The van der Waals surface area contributed by atoms with Crippen LogP contribution in [0.3, 0.4) is 0 Å². The lowest BCUT2D eigenvalue weighted by molar-refractivity contribution is -0.329. The number of carbonyl (C=O) groups excluding carboxylic acids is 1. The summed E-state index contributed by atoms with van der Waals surface area (Å²) in [7, 11) is 0. The number of rotatable bonds is 2. The van der Waals surface area contributed by atoms with Gasteiger partial charge in [-0.15, -0.1) is 0 Å². The molecule has 76 valence electrons. The number of carboxylic acids is 1. The van der Waals surface area contributed by atoms with Crippen molar-refractivity contribution in [3.8, 4) is 0 Å². The standard InChI is InChI=1S/C5H7F3O2.2CH4/c1-4(6,3(9)10)5(2,7)8;;/h1-2H3,(H,9,10);2*1H4. The summed E-state index contributed by atoms with van der Waals surface area (Å²) < 4.78 is 36.2. The minimum Gasteiger partial charge on any atom is -0.546 e. The van der Waals surface area contributed by atoms with E-state index in [9.17, 15) is 23.1 Å². The molecule has 0 aliphatic rings. The van der Waals surface area contributed by atoms with Gasteiger partial charge in [0.1, 0.15) is 0 Å². The van der Waals surface area contributed by atoms with Crippen LogP contribution in [0.2, 0.25) is 0 Å². The van der Waals surface area contributed by atoms with E-state index in [4.69, 9.17) is 0 Å². The number of halogens is 3. The molecule has 1 unspecified atom stereocenters. The van der Waals surface area contributed by atoms with Crippen LogP contribution in [0.4, 0.5) is 13.2 Å². The second-order valence-electron chi connectivity index (χ2n) is 2.18. The van der Waals surface area contributed by atoms with E-state index in [-0.39, 0.29) is 30.1 Å². The third-order valence-corrected chi connectivity index (χ3v) is 1.21. The summed E-state index contributed by atoms with van der Waals surface area (Å²) in [6, 6.07) is 0. The largest absolute Gasteiger partial charge is 1.00 e.